The van der Waals surface area contributed by atoms with Gasteiger partial charge in [0.15, 0.2) is 0 Å². The number of aromatic amines is 1. The van der Waals surface area contributed by atoms with E-state index in [1.54, 1.807) is 0 Å². The molecule has 1 aliphatic carbocycles. The molecule has 0 aliphatic heterocycles. The van der Waals surface area contributed by atoms with Crippen LogP contribution < -0.4 is 11.0 Å². The molecule has 2 aromatic carbocycles. The molecule has 1 heterocycles. The molecule has 0 radical (unpaired) electrons. The Morgan fingerprint density at radius 2 is 1.68 bits per heavy atom. The lowest BCUT2D eigenvalue weighted by molar-refractivity contribution is 0.0292. The minimum Gasteiger partial charge on any atom is -0.388 e. The van der Waals surface area contributed by atoms with Crippen LogP contribution in [0.5, 0.6) is 0 Å². The SMILES string of the molecule is CC(C)(O)[C@@H](N[C@H]1CC[C@H](n2c(=O)[nH]c3ccccc32)CC1)c1ccccc1. The number of para-hydroxylation sites is 2. The summed E-state index contributed by atoms with van der Waals surface area (Å²) in [7, 11) is 0. The number of nitrogens with zero attached hydrogens (tertiary/aromatic N) is 1. The van der Waals surface area contributed by atoms with Crippen molar-refractivity contribution in [3.63, 3.8) is 0 Å². The highest BCUT2D eigenvalue weighted by atomic mass is 16.3. The van der Waals surface area contributed by atoms with Crippen LogP contribution in [0.25, 0.3) is 11.0 Å². The zero-order chi connectivity index (χ0) is 19.7. The lowest BCUT2D eigenvalue weighted by atomic mass is 9.86. The van der Waals surface area contributed by atoms with Gasteiger partial charge in [-0.15, -0.1) is 0 Å². The van der Waals surface area contributed by atoms with E-state index in [0.29, 0.717) is 6.04 Å². The van der Waals surface area contributed by atoms with E-state index in [9.17, 15) is 9.90 Å². The quantitative estimate of drug-likeness (QED) is 0.629. The van der Waals surface area contributed by atoms with E-state index in [-0.39, 0.29) is 17.8 Å². The molecule has 0 spiro atoms. The predicted molar refractivity (Wildman–Crippen MR) is 112 cm³/mol. The normalized spacial score (nSPS) is 21.7. The number of H-pyrrole nitrogens is 1. The van der Waals surface area contributed by atoms with Crippen LogP contribution in [0.2, 0.25) is 0 Å². The molecular weight excluding hydrogens is 350 g/mol. The number of hydrogen-bond donors (Lipinski definition) is 3. The third-order valence-corrected chi connectivity index (χ3v) is 5.93. The maximum Gasteiger partial charge on any atom is 0.326 e. The van der Waals surface area contributed by atoms with Gasteiger partial charge in [0.05, 0.1) is 22.7 Å². The van der Waals surface area contributed by atoms with Gasteiger partial charge in [-0.2, -0.15) is 0 Å². The summed E-state index contributed by atoms with van der Waals surface area (Å²) >= 11 is 0. The van der Waals surface area contributed by atoms with Crippen molar-refractivity contribution >= 4 is 11.0 Å². The molecule has 4 rings (SSSR count). The Hall–Kier alpha value is -2.37. The fourth-order valence-corrected chi connectivity index (χ4v) is 4.53. The second-order valence-electron chi connectivity index (χ2n) is 8.49. The van der Waals surface area contributed by atoms with Crippen LogP contribution >= 0.6 is 0 Å². The predicted octanol–water partition coefficient (Wildman–Crippen LogP) is 3.92. The van der Waals surface area contributed by atoms with Gasteiger partial charge in [-0.1, -0.05) is 42.5 Å². The zero-order valence-electron chi connectivity index (χ0n) is 16.6. The molecule has 1 aliphatic rings. The highest BCUT2D eigenvalue weighted by Crippen LogP contribution is 2.33. The Morgan fingerprint density at radius 3 is 2.36 bits per heavy atom. The van der Waals surface area contributed by atoms with Gasteiger partial charge in [-0.05, 0) is 57.2 Å². The van der Waals surface area contributed by atoms with E-state index >= 15 is 0 Å². The molecule has 0 bridgehead atoms. The Labute approximate surface area is 165 Å². The molecule has 3 aromatic rings. The summed E-state index contributed by atoms with van der Waals surface area (Å²) in [5, 5.41) is 14.4. The van der Waals surface area contributed by atoms with Crippen molar-refractivity contribution in [2.75, 3.05) is 0 Å². The van der Waals surface area contributed by atoms with Crippen molar-refractivity contribution in [1.29, 1.82) is 0 Å². The summed E-state index contributed by atoms with van der Waals surface area (Å²) in [5.41, 5.74) is 2.12. The topological polar surface area (TPSA) is 70.0 Å². The van der Waals surface area contributed by atoms with Crippen LogP contribution in [0.15, 0.2) is 59.4 Å². The minimum atomic E-state index is -0.855. The zero-order valence-corrected chi connectivity index (χ0v) is 16.6. The lowest BCUT2D eigenvalue weighted by Gasteiger charge is -2.37. The van der Waals surface area contributed by atoms with E-state index in [1.165, 1.54) is 0 Å². The molecule has 1 fully saturated rings. The number of aromatic nitrogens is 2. The molecule has 5 heteroatoms. The number of hydrogen-bond acceptors (Lipinski definition) is 3. The molecular formula is C23H29N3O2. The van der Waals surface area contributed by atoms with Gasteiger partial charge >= 0.3 is 5.69 Å². The number of imidazole rings is 1. The smallest absolute Gasteiger partial charge is 0.326 e. The summed E-state index contributed by atoms with van der Waals surface area (Å²) in [5.74, 6) is 0. The molecule has 5 nitrogen and oxygen atoms in total. The Kier molecular flexibility index (Phi) is 5.13. The van der Waals surface area contributed by atoms with E-state index in [0.717, 1.165) is 42.3 Å². The maximum absolute atomic E-state index is 12.5. The minimum absolute atomic E-state index is 0.0173. The van der Waals surface area contributed by atoms with Crippen LogP contribution in [0.3, 0.4) is 0 Å². The molecule has 28 heavy (non-hydrogen) atoms. The van der Waals surface area contributed by atoms with E-state index < -0.39 is 5.60 Å². The Bertz CT molecular complexity index is 976. The molecule has 0 amide bonds. The summed E-state index contributed by atoms with van der Waals surface area (Å²) in [4.78, 5) is 15.4. The average molecular weight is 380 g/mol. The Balaban J connectivity index is 1.48. The largest absolute Gasteiger partial charge is 0.388 e. The van der Waals surface area contributed by atoms with Gasteiger partial charge in [-0.3, -0.25) is 4.57 Å². The first kappa shape index (κ1) is 19.0. The van der Waals surface area contributed by atoms with Crippen LogP contribution in [-0.4, -0.2) is 26.3 Å². The van der Waals surface area contributed by atoms with Crippen LogP contribution in [0.1, 0.15) is 57.2 Å². The fourth-order valence-electron chi connectivity index (χ4n) is 4.53. The summed E-state index contributed by atoms with van der Waals surface area (Å²) in [6.07, 6.45) is 3.87. The van der Waals surface area contributed by atoms with Gasteiger partial charge in [0.25, 0.3) is 0 Å². The fraction of sp³-hybridized carbons (Fsp3) is 0.435. The van der Waals surface area contributed by atoms with Crippen molar-refractivity contribution in [3.05, 3.63) is 70.6 Å². The van der Waals surface area contributed by atoms with Crippen LogP contribution in [0.4, 0.5) is 0 Å². The van der Waals surface area contributed by atoms with Gasteiger partial charge in [-0.25, -0.2) is 4.79 Å². The van der Waals surface area contributed by atoms with E-state index in [1.807, 2.05) is 60.9 Å². The summed E-state index contributed by atoms with van der Waals surface area (Å²) in [6.45, 7) is 3.71. The highest BCUT2D eigenvalue weighted by molar-refractivity contribution is 5.75. The first-order valence-electron chi connectivity index (χ1n) is 10.2. The molecule has 3 N–H and O–H groups in total. The summed E-state index contributed by atoms with van der Waals surface area (Å²) in [6, 6.07) is 18.5. The van der Waals surface area contributed by atoms with Crippen LogP contribution in [-0.2, 0) is 0 Å². The number of fused-ring (bicyclic) bond motifs is 1. The van der Waals surface area contributed by atoms with Crippen molar-refractivity contribution in [2.45, 2.75) is 63.3 Å². The molecule has 0 saturated heterocycles. The van der Waals surface area contributed by atoms with Gasteiger partial charge in [0.2, 0.25) is 0 Å². The molecule has 1 aromatic heterocycles. The lowest BCUT2D eigenvalue weighted by Crippen LogP contribution is -2.45. The van der Waals surface area contributed by atoms with Gasteiger partial charge in [0.1, 0.15) is 0 Å². The summed E-state index contributed by atoms with van der Waals surface area (Å²) < 4.78 is 1.93. The van der Waals surface area contributed by atoms with Crippen molar-refractivity contribution < 1.29 is 5.11 Å². The van der Waals surface area contributed by atoms with E-state index in [2.05, 4.69) is 22.4 Å². The number of benzene rings is 2. The van der Waals surface area contributed by atoms with E-state index in [4.69, 9.17) is 0 Å². The first-order chi connectivity index (χ1) is 13.4. The first-order valence-corrected chi connectivity index (χ1v) is 10.2. The molecule has 148 valence electrons. The second kappa shape index (κ2) is 7.57. The van der Waals surface area contributed by atoms with Crippen molar-refractivity contribution in [3.8, 4) is 0 Å². The third kappa shape index (κ3) is 3.77. The average Bonchev–Trinajstić information content (AvgIpc) is 3.02. The molecule has 1 saturated carbocycles. The van der Waals surface area contributed by atoms with Gasteiger partial charge in [0, 0.05) is 12.1 Å². The molecule has 0 unspecified atom stereocenters. The highest BCUT2D eigenvalue weighted by Gasteiger charge is 2.32. The van der Waals surface area contributed by atoms with Gasteiger partial charge < -0.3 is 15.4 Å². The third-order valence-electron chi connectivity index (χ3n) is 5.93. The number of nitrogens with one attached hydrogen (secondary N) is 2. The van der Waals surface area contributed by atoms with Crippen molar-refractivity contribution in [2.24, 2.45) is 0 Å². The second-order valence-corrected chi connectivity index (χ2v) is 8.49. The number of rotatable bonds is 5. The Morgan fingerprint density at radius 1 is 1.04 bits per heavy atom. The standard InChI is InChI=1S/C23H29N3O2/c1-23(2,28)21(16-8-4-3-5-9-16)24-17-12-14-18(15-13-17)26-20-11-7-6-10-19(20)25-22(26)27/h3-11,17-18,21,24,28H,12-15H2,1-2H3,(H,25,27)/t17-,18-,21-/m0/s1. The van der Waals surface area contributed by atoms with Crippen molar-refractivity contribution in [1.82, 2.24) is 14.9 Å². The monoisotopic (exact) mass is 379 g/mol. The van der Waals surface area contributed by atoms with Crippen LogP contribution in [0, 0.1) is 0 Å². The number of aliphatic hydroxyl groups is 1. The maximum atomic E-state index is 12.5. The molecule has 1 atom stereocenters.